The molecule has 1 saturated heterocycles. The summed E-state index contributed by atoms with van der Waals surface area (Å²) >= 11 is 0. The maximum absolute atomic E-state index is 11.4. The van der Waals surface area contributed by atoms with Crippen LogP contribution >= 0.6 is 7.82 Å². The van der Waals surface area contributed by atoms with Crippen molar-refractivity contribution < 1.29 is 23.2 Å². The fraction of sp³-hybridized carbons (Fsp3) is 0.500. The van der Waals surface area contributed by atoms with Gasteiger partial charge >= 0.3 is 13.5 Å². The molecule has 1 aromatic rings. The molecule has 1 fully saturated rings. The number of nitrogens with two attached hydrogens (primary N) is 1. The molecule has 100 valence electrons. The van der Waals surface area contributed by atoms with Crippen LogP contribution < -0.4 is 11.4 Å². The molecule has 3 N–H and O–H groups in total. The first-order valence-corrected chi connectivity index (χ1v) is 6.52. The first-order valence-electron chi connectivity index (χ1n) is 5.03. The molecule has 9 nitrogen and oxygen atoms in total. The van der Waals surface area contributed by atoms with Crippen molar-refractivity contribution in [3.05, 3.63) is 22.7 Å². The zero-order chi connectivity index (χ0) is 13.2. The van der Waals surface area contributed by atoms with Crippen molar-refractivity contribution in [3.8, 4) is 0 Å². The molecule has 2 heterocycles. The molecule has 18 heavy (non-hydrogen) atoms. The highest BCUT2D eigenvalue weighted by Gasteiger charge is 2.30. The van der Waals surface area contributed by atoms with Crippen LogP contribution in [0, 0.1) is 0 Å². The standard InChI is InChI=1S/C8H12N3O6P/c9-7-1-2-11(8(12)10-7)5-15-6-3-16-18(13,14)17-4-6/h1-2,6H,3-5H2,(H,13,14)(H2,9,10,12). The van der Waals surface area contributed by atoms with E-state index in [1.807, 2.05) is 0 Å². The van der Waals surface area contributed by atoms with E-state index in [1.165, 1.54) is 16.8 Å². The zero-order valence-corrected chi connectivity index (χ0v) is 10.2. The van der Waals surface area contributed by atoms with Gasteiger partial charge in [-0.1, -0.05) is 0 Å². The molecule has 0 radical (unpaired) electrons. The van der Waals surface area contributed by atoms with Gasteiger partial charge in [0.05, 0.1) is 13.2 Å². The lowest BCUT2D eigenvalue weighted by molar-refractivity contribution is -0.0738. The van der Waals surface area contributed by atoms with E-state index in [4.69, 9.17) is 15.4 Å². The Morgan fingerprint density at radius 3 is 2.89 bits per heavy atom. The van der Waals surface area contributed by atoms with Gasteiger partial charge in [0.2, 0.25) is 0 Å². The SMILES string of the molecule is Nc1ccn(COC2COP(=O)(O)OC2)c(=O)n1. The molecule has 0 amide bonds. The Labute approximate surface area is 102 Å². The molecule has 0 spiro atoms. The van der Waals surface area contributed by atoms with E-state index < -0.39 is 19.6 Å². The molecule has 0 saturated carbocycles. The fourth-order valence-corrected chi connectivity index (χ4v) is 2.05. The van der Waals surface area contributed by atoms with Gasteiger partial charge in [0, 0.05) is 6.20 Å². The third-order valence-electron chi connectivity index (χ3n) is 2.19. The minimum atomic E-state index is -3.91. The second kappa shape index (κ2) is 5.17. The molecule has 10 heteroatoms. The first kappa shape index (κ1) is 13.2. The van der Waals surface area contributed by atoms with Crippen LogP contribution in [0.15, 0.2) is 17.1 Å². The highest BCUT2D eigenvalue weighted by molar-refractivity contribution is 7.47. The van der Waals surface area contributed by atoms with Gasteiger partial charge in [-0.2, -0.15) is 4.98 Å². The van der Waals surface area contributed by atoms with Crippen molar-refractivity contribution in [1.29, 1.82) is 0 Å². The lowest BCUT2D eigenvalue weighted by atomic mass is 10.4. The van der Waals surface area contributed by atoms with Gasteiger partial charge in [-0.3, -0.25) is 13.6 Å². The normalized spacial score (nSPS) is 28.2. The molecule has 0 aromatic carbocycles. The second-order valence-electron chi connectivity index (χ2n) is 3.58. The first-order chi connectivity index (χ1) is 8.46. The van der Waals surface area contributed by atoms with E-state index in [1.54, 1.807) is 0 Å². The summed E-state index contributed by atoms with van der Waals surface area (Å²) in [7, 11) is -3.91. The van der Waals surface area contributed by atoms with Crippen LogP contribution in [0.2, 0.25) is 0 Å². The summed E-state index contributed by atoms with van der Waals surface area (Å²) in [5, 5.41) is 0. The zero-order valence-electron chi connectivity index (χ0n) is 9.26. The predicted molar refractivity (Wildman–Crippen MR) is 59.5 cm³/mol. The summed E-state index contributed by atoms with van der Waals surface area (Å²) < 4.78 is 26.5. The van der Waals surface area contributed by atoms with Crippen molar-refractivity contribution in [2.45, 2.75) is 12.8 Å². The Balaban J connectivity index is 1.89. The van der Waals surface area contributed by atoms with E-state index in [0.717, 1.165) is 0 Å². The Bertz CT molecular complexity index is 520. The minimum Gasteiger partial charge on any atom is -0.383 e. The molecule has 1 aliphatic heterocycles. The quantitative estimate of drug-likeness (QED) is 0.695. The summed E-state index contributed by atoms with van der Waals surface area (Å²) in [5.41, 5.74) is 4.79. The van der Waals surface area contributed by atoms with Crippen molar-refractivity contribution in [3.63, 3.8) is 0 Å². The van der Waals surface area contributed by atoms with Crippen molar-refractivity contribution in [1.82, 2.24) is 9.55 Å². The summed E-state index contributed by atoms with van der Waals surface area (Å²) in [6.07, 6.45) is 0.912. The van der Waals surface area contributed by atoms with Crippen LogP contribution in [-0.2, 0) is 25.1 Å². The van der Waals surface area contributed by atoms with E-state index in [9.17, 15) is 9.36 Å². The smallest absolute Gasteiger partial charge is 0.383 e. The number of anilines is 1. The van der Waals surface area contributed by atoms with Crippen LogP contribution in [0.4, 0.5) is 5.82 Å². The number of aromatic nitrogens is 2. The number of nitrogen functional groups attached to an aromatic ring is 1. The Kier molecular flexibility index (Phi) is 3.79. The van der Waals surface area contributed by atoms with Gasteiger partial charge in [0.1, 0.15) is 18.7 Å². The van der Waals surface area contributed by atoms with E-state index in [0.29, 0.717) is 0 Å². The number of rotatable bonds is 3. The van der Waals surface area contributed by atoms with Crippen LogP contribution in [-0.4, -0.2) is 33.8 Å². The van der Waals surface area contributed by atoms with E-state index in [2.05, 4.69) is 14.0 Å². The Hall–Kier alpha value is -1.25. The van der Waals surface area contributed by atoms with Gasteiger partial charge in [-0.05, 0) is 6.07 Å². The number of hydrogen-bond acceptors (Lipinski definition) is 7. The lowest BCUT2D eigenvalue weighted by Crippen LogP contribution is -2.32. The molecule has 1 aromatic heterocycles. The van der Waals surface area contributed by atoms with Crippen molar-refractivity contribution in [2.24, 2.45) is 0 Å². The highest BCUT2D eigenvalue weighted by atomic mass is 31.2. The topological polar surface area (TPSA) is 126 Å². The van der Waals surface area contributed by atoms with Gasteiger partial charge in [0.25, 0.3) is 0 Å². The fourth-order valence-electron chi connectivity index (χ4n) is 1.26. The summed E-state index contributed by atoms with van der Waals surface area (Å²) in [6, 6.07) is 1.46. The molecule has 0 atom stereocenters. The molecule has 1 aliphatic rings. The number of phosphoric ester groups is 1. The van der Waals surface area contributed by atoms with Crippen molar-refractivity contribution >= 4 is 13.6 Å². The van der Waals surface area contributed by atoms with E-state index in [-0.39, 0.29) is 25.8 Å². The maximum Gasteiger partial charge on any atom is 0.472 e. The third-order valence-corrected chi connectivity index (χ3v) is 3.14. The number of ether oxygens (including phenoxy) is 1. The maximum atomic E-state index is 11.4. The summed E-state index contributed by atoms with van der Waals surface area (Å²) in [5.74, 6) is 0.127. The van der Waals surface area contributed by atoms with E-state index >= 15 is 0 Å². The summed E-state index contributed by atoms with van der Waals surface area (Å²) in [4.78, 5) is 23.8. The number of hydrogen-bond donors (Lipinski definition) is 2. The van der Waals surface area contributed by atoms with Gasteiger partial charge < -0.3 is 15.4 Å². The van der Waals surface area contributed by atoms with Crippen LogP contribution in [0.25, 0.3) is 0 Å². The second-order valence-corrected chi connectivity index (χ2v) is 5.04. The van der Waals surface area contributed by atoms with Gasteiger partial charge in [-0.25, -0.2) is 9.36 Å². The molecular weight excluding hydrogens is 265 g/mol. The predicted octanol–water partition coefficient (Wildman–Crippen LogP) is -0.685. The highest BCUT2D eigenvalue weighted by Crippen LogP contribution is 2.46. The molecule has 0 bridgehead atoms. The van der Waals surface area contributed by atoms with Crippen LogP contribution in [0.5, 0.6) is 0 Å². The monoisotopic (exact) mass is 277 g/mol. The third kappa shape index (κ3) is 3.37. The molecule has 0 unspecified atom stereocenters. The number of nitrogens with zero attached hydrogens (tertiary/aromatic N) is 2. The van der Waals surface area contributed by atoms with Gasteiger partial charge in [-0.15, -0.1) is 0 Å². The molecule has 2 rings (SSSR count). The number of phosphoric acid groups is 1. The van der Waals surface area contributed by atoms with Crippen molar-refractivity contribution in [2.75, 3.05) is 18.9 Å². The van der Waals surface area contributed by atoms with Gasteiger partial charge in [0.15, 0.2) is 0 Å². The summed E-state index contributed by atoms with van der Waals surface area (Å²) in [6.45, 7) is -0.227. The van der Waals surface area contributed by atoms with Crippen LogP contribution in [0.1, 0.15) is 0 Å². The molecular formula is C8H12N3O6P. The largest absolute Gasteiger partial charge is 0.472 e. The average Bonchev–Trinajstić information content (AvgIpc) is 2.29. The molecule has 0 aliphatic carbocycles. The Morgan fingerprint density at radius 1 is 1.61 bits per heavy atom. The van der Waals surface area contributed by atoms with Crippen LogP contribution in [0.3, 0.4) is 0 Å². The minimum absolute atomic E-state index is 0.0702. The lowest BCUT2D eigenvalue weighted by Gasteiger charge is -2.25. The average molecular weight is 277 g/mol. The Morgan fingerprint density at radius 2 is 2.28 bits per heavy atom.